The first kappa shape index (κ1) is 22.5. The van der Waals surface area contributed by atoms with Crippen LogP contribution in [0.1, 0.15) is 25.3 Å². The zero-order chi connectivity index (χ0) is 20.7. The molecule has 0 spiro atoms. The van der Waals surface area contributed by atoms with Gasteiger partial charge >= 0.3 is 0 Å². The standard InChI is InChI=1S/C20H24Cl2N2O3S/c1-3-19(24(28(2,26)27)17-12-10-16(21)11-13-17)20(25)23-14-6-8-15-7-4-5-9-18(15)22/h4-5,7,9-13,19H,3,6,8,14H2,1-2H3,(H,23,25)/t19-/m0/s1. The molecule has 0 radical (unpaired) electrons. The predicted octanol–water partition coefficient (Wildman–Crippen LogP) is 4.29. The van der Waals surface area contributed by atoms with Gasteiger partial charge in [-0.05, 0) is 55.2 Å². The van der Waals surface area contributed by atoms with E-state index in [-0.39, 0.29) is 5.91 Å². The van der Waals surface area contributed by atoms with Gasteiger partial charge in [-0.2, -0.15) is 0 Å². The highest BCUT2D eigenvalue weighted by Gasteiger charge is 2.31. The summed E-state index contributed by atoms with van der Waals surface area (Å²) in [7, 11) is -3.65. The minimum absolute atomic E-state index is 0.331. The maximum absolute atomic E-state index is 12.7. The van der Waals surface area contributed by atoms with Crippen LogP contribution < -0.4 is 9.62 Å². The largest absolute Gasteiger partial charge is 0.354 e. The molecule has 0 saturated carbocycles. The fourth-order valence-electron chi connectivity index (χ4n) is 2.96. The van der Waals surface area contributed by atoms with E-state index in [1.165, 1.54) is 0 Å². The van der Waals surface area contributed by atoms with E-state index in [2.05, 4.69) is 5.32 Å². The number of nitrogens with one attached hydrogen (secondary N) is 1. The second kappa shape index (κ2) is 10.1. The lowest BCUT2D eigenvalue weighted by atomic mass is 10.1. The highest BCUT2D eigenvalue weighted by Crippen LogP contribution is 2.24. The molecule has 0 aliphatic carbocycles. The van der Waals surface area contributed by atoms with Crippen molar-refractivity contribution in [2.45, 2.75) is 32.2 Å². The number of amides is 1. The second-order valence-corrected chi connectivity index (χ2v) is 9.15. The van der Waals surface area contributed by atoms with Crippen LogP contribution in [0.5, 0.6) is 0 Å². The van der Waals surface area contributed by atoms with Gasteiger partial charge in [0, 0.05) is 16.6 Å². The van der Waals surface area contributed by atoms with E-state index >= 15 is 0 Å². The molecule has 2 aromatic rings. The molecular weight excluding hydrogens is 419 g/mol. The van der Waals surface area contributed by atoms with E-state index in [0.717, 1.165) is 22.5 Å². The van der Waals surface area contributed by atoms with Crippen LogP contribution in [0, 0.1) is 0 Å². The number of hydrogen-bond donors (Lipinski definition) is 1. The smallest absolute Gasteiger partial charge is 0.243 e. The van der Waals surface area contributed by atoms with Crippen LogP contribution in [0.25, 0.3) is 0 Å². The van der Waals surface area contributed by atoms with Crippen molar-refractivity contribution in [2.75, 3.05) is 17.1 Å². The van der Waals surface area contributed by atoms with Gasteiger partial charge in [-0.25, -0.2) is 8.42 Å². The van der Waals surface area contributed by atoms with Crippen LogP contribution in [0.2, 0.25) is 10.0 Å². The summed E-state index contributed by atoms with van der Waals surface area (Å²) < 4.78 is 25.9. The van der Waals surface area contributed by atoms with Crippen LogP contribution >= 0.6 is 23.2 Å². The Labute approximate surface area is 176 Å². The summed E-state index contributed by atoms with van der Waals surface area (Å²) in [4.78, 5) is 12.7. The number of aryl methyl sites for hydroxylation is 1. The number of carbonyl (C=O) groups is 1. The van der Waals surface area contributed by atoms with Gasteiger partial charge in [0.05, 0.1) is 11.9 Å². The lowest BCUT2D eigenvalue weighted by molar-refractivity contribution is -0.122. The van der Waals surface area contributed by atoms with Gasteiger partial charge in [-0.3, -0.25) is 9.10 Å². The Hall–Kier alpha value is -1.76. The molecule has 8 heteroatoms. The molecule has 152 valence electrons. The molecule has 0 saturated heterocycles. The normalized spacial score (nSPS) is 12.4. The van der Waals surface area contributed by atoms with Gasteiger partial charge < -0.3 is 5.32 Å². The number of carbonyl (C=O) groups excluding carboxylic acids is 1. The van der Waals surface area contributed by atoms with Crippen molar-refractivity contribution in [3.05, 3.63) is 64.1 Å². The van der Waals surface area contributed by atoms with Crippen molar-refractivity contribution in [1.82, 2.24) is 5.32 Å². The molecule has 0 aromatic heterocycles. The van der Waals surface area contributed by atoms with Crippen molar-refractivity contribution in [1.29, 1.82) is 0 Å². The summed E-state index contributed by atoms with van der Waals surface area (Å²) in [6.45, 7) is 2.21. The molecule has 0 heterocycles. The van der Waals surface area contributed by atoms with Crippen LogP contribution in [-0.4, -0.2) is 33.2 Å². The van der Waals surface area contributed by atoms with E-state index in [4.69, 9.17) is 23.2 Å². The minimum Gasteiger partial charge on any atom is -0.354 e. The van der Waals surface area contributed by atoms with Crippen molar-refractivity contribution >= 4 is 44.8 Å². The summed E-state index contributed by atoms with van der Waals surface area (Å²) in [6, 6.07) is 13.1. The molecule has 0 aliphatic rings. The molecular formula is C20H24Cl2N2O3S. The van der Waals surface area contributed by atoms with Gasteiger partial charge in [0.2, 0.25) is 15.9 Å². The zero-order valence-electron chi connectivity index (χ0n) is 15.9. The SMILES string of the molecule is CC[C@@H](C(=O)NCCCc1ccccc1Cl)N(c1ccc(Cl)cc1)S(C)(=O)=O. The van der Waals surface area contributed by atoms with E-state index < -0.39 is 16.1 Å². The Morgan fingerprint density at radius 3 is 2.32 bits per heavy atom. The summed E-state index contributed by atoms with van der Waals surface area (Å²) in [5, 5.41) is 4.04. The summed E-state index contributed by atoms with van der Waals surface area (Å²) in [6.07, 6.45) is 2.86. The first-order valence-electron chi connectivity index (χ1n) is 9.00. The number of halogens is 2. The molecule has 1 amide bonds. The summed E-state index contributed by atoms with van der Waals surface area (Å²) >= 11 is 12.0. The van der Waals surface area contributed by atoms with Gasteiger partial charge in [0.25, 0.3) is 0 Å². The van der Waals surface area contributed by atoms with Crippen LogP contribution in [0.15, 0.2) is 48.5 Å². The highest BCUT2D eigenvalue weighted by molar-refractivity contribution is 7.92. The van der Waals surface area contributed by atoms with Gasteiger partial charge in [0.15, 0.2) is 0 Å². The molecule has 0 fully saturated rings. The molecule has 0 unspecified atom stereocenters. The number of anilines is 1. The summed E-state index contributed by atoms with van der Waals surface area (Å²) in [5.41, 5.74) is 1.43. The maximum Gasteiger partial charge on any atom is 0.243 e. The number of hydrogen-bond acceptors (Lipinski definition) is 3. The fourth-order valence-corrected chi connectivity index (χ4v) is 4.53. The zero-order valence-corrected chi connectivity index (χ0v) is 18.2. The minimum atomic E-state index is -3.65. The van der Waals surface area contributed by atoms with E-state index in [0.29, 0.717) is 35.1 Å². The van der Waals surface area contributed by atoms with Crippen LogP contribution in [0.3, 0.4) is 0 Å². The van der Waals surface area contributed by atoms with Crippen LogP contribution in [0.4, 0.5) is 5.69 Å². The number of sulfonamides is 1. The van der Waals surface area contributed by atoms with Gasteiger partial charge in [-0.15, -0.1) is 0 Å². The Morgan fingerprint density at radius 1 is 1.11 bits per heavy atom. The number of rotatable bonds is 9. The van der Waals surface area contributed by atoms with Crippen molar-refractivity contribution in [3.63, 3.8) is 0 Å². The van der Waals surface area contributed by atoms with Gasteiger partial charge in [0.1, 0.15) is 6.04 Å². The first-order valence-corrected chi connectivity index (χ1v) is 11.6. The van der Waals surface area contributed by atoms with E-state index in [1.54, 1.807) is 31.2 Å². The molecule has 1 N–H and O–H groups in total. The third-order valence-corrected chi connectivity index (χ3v) is 6.09. The Morgan fingerprint density at radius 2 is 1.75 bits per heavy atom. The first-order chi connectivity index (χ1) is 13.2. The van der Waals surface area contributed by atoms with Crippen molar-refractivity contribution in [3.8, 4) is 0 Å². The second-order valence-electron chi connectivity index (χ2n) is 6.45. The third kappa shape index (κ3) is 6.12. The van der Waals surface area contributed by atoms with E-state index in [1.807, 2.05) is 24.3 Å². The maximum atomic E-state index is 12.7. The molecule has 28 heavy (non-hydrogen) atoms. The lowest BCUT2D eigenvalue weighted by Gasteiger charge is -2.30. The number of benzene rings is 2. The molecule has 1 atom stereocenters. The number of nitrogens with zero attached hydrogens (tertiary/aromatic N) is 1. The third-order valence-electron chi connectivity index (χ3n) is 4.29. The molecule has 2 aromatic carbocycles. The topological polar surface area (TPSA) is 66.5 Å². The van der Waals surface area contributed by atoms with Gasteiger partial charge in [-0.1, -0.05) is 48.3 Å². The Kier molecular flexibility index (Phi) is 8.16. The van der Waals surface area contributed by atoms with E-state index in [9.17, 15) is 13.2 Å². The fraction of sp³-hybridized carbons (Fsp3) is 0.350. The monoisotopic (exact) mass is 442 g/mol. The van der Waals surface area contributed by atoms with Crippen molar-refractivity contribution < 1.29 is 13.2 Å². The lowest BCUT2D eigenvalue weighted by Crippen LogP contribution is -2.49. The van der Waals surface area contributed by atoms with Crippen LogP contribution in [-0.2, 0) is 21.2 Å². The van der Waals surface area contributed by atoms with Crippen molar-refractivity contribution in [2.24, 2.45) is 0 Å². The average Bonchev–Trinajstić information content (AvgIpc) is 2.64. The summed E-state index contributed by atoms with van der Waals surface area (Å²) in [5.74, 6) is -0.331. The highest BCUT2D eigenvalue weighted by atomic mass is 35.5. The predicted molar refractivity (Wildman–Crippen MR) is 116 cm³/mol. The molecule has 0 bridgehead atoms. The Bertz CT molecular complexity index is 902. The molecule has 0 aliphatic heterocycles. The molecule has 5 nitrogen and oxygen atoms in total. The quantitative estimate of drug-likeness (QED) is 0.588. The average molecular weight is 443 g/mol. The Balaban J connectivity index is 2.05. The molecule has 2 rings (SSSR count).